The predicted octanol–water partition coefficient (Wildman–Crippen LogP) is 3.17. The summed E-state index contributed by atoms with van der Waals surface area (Å²) in [5.41, 5.74) is 1.28. The van der Waals surface area contributed by atoms with Crippen LogP contribution >= 0.6 is 0 Å². The van der Waals surface area contributed by atoms with Crippen molar-refractivity contribution in [1.82, 2.24) is 4.90 Å². The molecule has 0 fully saturated rings. The molecule has 26 heavy (non-hydrogen) atoms. The third kappa shape index (κ3) is 6.88. The molecular formula is C20H29NO5. The zero-order chi connectivity index (χ0) is 19.9. The Bertz CT molecular complexity index is 631. The number of nitrogens with zero attached hydrogens (tertiary/aromatic N) is 1. The average Bonchev–Trinajstić information content (AvgIpc) is 2.53. The number of aliphatic hydroxyl groups excluding tert-OH is 1. The van der Waals surface area contributed by atoms with E-state index in [1.54, 1.807) is 33.8 Å². The number of hydrogen-bond donors (Lipinski definition) is 1. The summed E-state index contributed by atoms with van der Waals surface area (Å²) in [6, 6.07) is 6.49. The van der Waals surface area contributed by atoms with Gasteiger partial charge in [-0.3, -0.25) is 4.90 Å². The lowest BCUT2D eigenvalue weighted by molar-refractivity contribution is -0.152. The highest BCUT2D eigenvalue weighted by Gasteiger charge is 2.35. The molecule has 1 N–H and O–H groups in total. The number of carbonyl (C=O) groups is 2. The van der Waals surface area contributed by atoms with Gasteiger partial charge in [-0.05, 0) is 40.2 Å². The Morgan fingerprint density at radius 3 is 2.31 bits per heavy atom. The van der Waals surface area contributed by atoms with Crippen LogP contribution in [0.4, 0.5) is 4.79 Å². The van der Waals surface area contributed by atoms with E-state index < -0.39 is 29.8 Å². The minimum absolute atomic E-state index is 0.145. The van der Waals surface area contributed by atoms with Crippen LogP contribution in [-0.2, 0) is 14.3 Å². The van der Waals surface area contributed by atoms with E-state index in [0.29, 0.717) is 0 Å². The van der Waals surface area contributed by atoms with Gasteiger partial charge in [0.1, 0.15) is 11.7 Å². The Morgan fingerprint density at radius 1 is 1.23 bits per heavy atom. The molecule has 0 heterocycles. The highest BCUT2D eigenvalue weighted by atomic mass is 16.6. The van der Waals surface area contributed by atoms with Crippen LogP contribution in [-0.4, -0.2) is 53.5 Å². The van der Waals surface area contributed by atoms with Gasteiger partial charge in [0, 0.05) is 7.05 Å². The quantitative estimate of drug-likeness (QED) is 0.786. The number of carbonyl (C=O) groups excluding carboxylic acids is 2. The molecule has 1 rings (SSSR count). The third-order valence-corrected chi connectivity index (χ3v) is 3.51. The summed E-state index contributed by atoms with van der Waals surface area (Å²) in [6.07, 6.45) is 1.21. The lowest BCUT2D eigenvalue weighted by Gasteiger charge is -2.31. The molecule has 0 saturated heterocycles. The van der Waals surface area contributed by atoms with E-state index in [0.717, 1.165) is 16.0 Å². The third-order valence-electron chi connectivity index (χ3n) is 3.51. The van der Waals surface area contributed by atoms with Crippen LogP contribution in [0.2, 0.25) is 0 Å². The van der Waals surface area contributed by atoms with Crippen molar-refractivity contribution in [2.75, 3.05) is 13.7 Å². The highest BCUT2D eigenvalue weighted by Crippen LogP contribution is 2.15. The van der Waals surface area contributed by atoms with E-state index in [2.05, 4.69) is 0 Å². The number of hydrogen-bond acceptors (Lipinski definition) is 5. The summed E-state index contributed by atoms with van der Waals surface area (Å²) < 4.78 is 10.3. The van der Waals surface area contributed by atoms with Crippen molar-refractivity contribution in [2.45, 2.75) is 52.4 Å². The van der Waals surface area contributed by atoms with Crippen molar-refractivity contribution >= 4 is 18.1 Å². The van der Waals surface area contributed by atoms with Gasteiger partial charge in [-0.1, -0.05) is 42.0 Å². The molecule has 0 aliphatic carbocycles. The molecule has 1 amide bonds. The summed E-state index contributed by atoms with van der Waals surface area (Å²) in [7, 11) is 1.40. The molecule has 6 heteroatoms. The lowest BCUT2D eigenvalue weighted by Crippen LogP contribution is -2.51. The molecule has 6 nitrogen and oxygen atoms in total. The van der Waals surface area contributed by atoms with Crippen molar-refractivity contribution in [2.24, 2.45) is 0 Å². The van der Waals surface area contributed by atoms with Crippen LogP contribution in [0.1, 0.15) is 38.8 Å². The summed E-state index contributed by atoms with van der Waals surface area (Å²) in [5, 5.41) is 10.5. The molecule has 1 aromatic carbocycles. The average molecular weight is 363 g/mol. The molecule has 0 saturated carbocycles. The maximum absolute atomic E-state index is 12.3. The van der Waals surface area contributed by atoms with Gasteiger partial charge >= 0.3 is 12.1 Å². The van der Waals surface area contributed by atoms with Crippen LogP contribution in [0.5, 0.6) is 0 Å². The lowest BCUT2D eigenvalue weighted by atomic mass is 10.1. The van der Waals surface area contributed by atoms with Crippen LogP contribution in [0.25, 0.3) is 6.08 Å². The fourth-order valence-corrected chi connectivity index (χ4v) is 2.19. The Hall–Kier alpha value is -2.34. The zero-order valence-corrected chi connectivity index (χ0v) is 16.4. The van der Waals surface area contributed by atoms with Crippen molar-refractivity contribution < 1.29 is 24.2 Å². The highest BCUT2D eigenvalue weighted by molar-refractivity contribution is 5.82. The van der Waals surface area contributed by atoms with Gasteiger partial charge in [0.15, 0.2) is 6.04 Å². The van der Waals surface area contributed by atoms with E-state index in [9.17, 15) is 14.7 Å². The smallest absolute Gasteiger partial charge is 0.410 e. The second-order valence-electron chi connectivity index (χ2n) is 7.05. The van der Waals surface area contributed by atoms with Gasteiger partial charge in [0.25, 0.3) is 0 Å². The van der Waals surface area contributed by atoms with Gasteiger partial charge in [0.05, 0.1) is 6.61 Å². The minimum Gasteiger partial charge on any atom is -0.464 e. The predicted molar refractivity (Wildman–Crippen MR) is 101 cm³/mol. The number of likely N-dealkylation sites (N-methyl/N-ethyl adjacent to an activating group) is 1. The monoisotopic (exact) mass is 363 g/mol. The van der Waals surface area contributed by atoms with Gasteiger partial charge in [-0.2, -0.15) is 0 Å². The molecule has 144 valence electrons. The van der Waals surface area contributed by atoms with Crippen LogP contribution < -0.4 is 0 Å². The molecule has 0 aromatic heterocycles. The van der Waals surface area contributed by atoms with E-state index in [1.165, 1.54) is 13.1 Å². The first kappa shape index (κ1) is 21.7. The number of benzene rings is 1. The Morgan fingerprint density at radius 2 is 1.81 bits per heavy atom. The van der Waals surface area contributed by atoms with Crippen LogP contribution in [0.3, 0.4) is 0 Å². The normalized spacial score (nSPS) is 14.0. The van der Waals surface area contributed by atoms with E-state index in [4.69, 9.17) is 9.47 Å². The molecule has 2 atom stereocenters. The van der Waals surface area contributed by atoms with Gasteiger partial charge in [0.2, 0.25) is 0 Å². The first-order chi connectivity index (χ1) is 12.0. The molecule has 0 spiro atoms. The topological polar surface area (TPSA) is 76.1 Å². The maximum atomic E-state index is 12.3. The molecule has 0 aliphatic heterocycles. The summed E-state index contributed by atoms with van der Waals surface area (Å²) in [6.45, 7) is 8.97. The maximum Gasteiger partial charge on any atom is 0.410 e. The van der Waals surface area contributed by atoms with Gasteiger partial charge < -0.3 is 14.6 Å². The summed E-state index contributed by atoms with van der Waals surface area (Å²) >= 11 is 0. The van der Waals surface area contributed by atoms with Crippen molar-refractivity contribution in [1.29, 1.82) is 0 Å². The molecule has 0 bridgehead atoms. The van der Waals surface area contributed by atoms with E-state index in [-0.39, 0.29) is 6.61 Å². The standard InChI is InChI=1S/C20H29NO5/c1-7-25-18(23)17(21(6)19(24)26-20(3,4)5)16(22)13-12-15-10-8-14(2)9-11-15/h8-13,16-17,22H,7H2,1-6H3/b13-12+/t16-,17?/m1/s1. The minimum atomic E-state index is -1.24. The number of ether oxygens (including phenoxy) is 2. The first-order valence-corrected chi connectivity index (χ1v) is 8.60. The fourth-order valence-electron chi connectivity index (χ4n) is 2.19. The van der Waals surface area contributed by atoms with Crippen molar-refractivity contribution in [3.05, 3.63) is 41.5 Å². The van der Waals surface area contributed by atoms with Crippen molar-refractivity contribution in [3.8, 4) is 0 Å². The summed E-state index contributed by atoms with van der Waals surface area (Å²) in [5.74, 6) is -0.693. The second kappa shape index (κ2) is 9.38. The number of aryl methyl sites for hydroxylation is 1. The van der Waals surface area contributed by atoms with Crippen molar-refractivity contribution in [3.63, 3.8) is 0 Å². The molecule has 1 aromatic rings. The zero-order valence-electron chi connectivity index (χ0n) is 16.4. The summed E-state index contributed by atoms with van der Waals surface area (Å²) in [4.78, 5) is 25.6. The van der Waals surface area contributed by atoms with E-state index >= 15 is 0 Å². The number of esters is 1. The number of aliphatic hydroxyl groups is 1. The Labute approximate surface area is 155 Å². The molecule has 0 radical (unpaired) electrons. The molecular weight excluding hydrogens is 334 g/mol. The Balaban J connectivity index is 2.98. The first-order valence-electron chi connectivity index (χ1n) is 8.60. The van der Waals surface area contributed by atoms with Gasteiger partial charge in [-0.25, -0.2) is 9.59 Å². The van der Waals surface area contributed by atoms with E-state index in [1.807, 2.05) is 31.2 Å². The van der Waals surface area contributed by atoms with Gasteiger partial charge in [-0.15, -0.1) is 0 Å². The van der Waals surface area contributed by atoms with Crippen LogP contribution in [0.15, 0.2) is 30.3 Å². The second-order valence-corrected chi connectivity index (χ2v) is 7.05. The number of rotatable bonds is 6. The van der Waals surface area contributed by atoms with Crippen LogP contribution in [0, 0.1) is 6.92 Å². The largest absolute Gasteiger partial charge is 0.464 e. The Kier molecular flexibility index (Phi) is 7.83. The molecule has 1 unspecified atom stereocenters. The molecule has 0 aliphatic rings. The SMILES string of the molecule is CCOC(=O)C([C@H](O)/C=C/c1ccc(C)cc1)N(C)C(=O)OC(C)(C)C. The number of amides is 1. The fraction of sp³-hybridized carbons (Fsp3) is 0.500.